The van der Waals surface area contributed by atoms with E-state index in [0.29, 0.717) is 22.7 Å². The molecule has 0 bridgehead atoms. The Morgan fingerprint density at radius 3 is 2.79 bits per heavy atom. The molecular weight excluding hydrogens is 262 g/mol. The fraction of sp³-hybridized carbons (Fsp3) is 0.154. The van der Waals surface area contributed by atoms with Gasteiger partial charge in [0, 0.05) is 11.3 Å². The maximum Gasteiger partial charge on any atom is 0.322 e. The lowest BCUT2D eigenvalue weighted by molar-refractivity contribution is 0.275. The van der Waals surface area contributed by atoms with Crippen LogP contribution in [0.15, 0.2) is 30.3 Å². The third-order valence-electron chi connectivity index (χ3n) is 2.43. The molecule has 19 heavy (non-hydrogen) atoms. The Morgan fingerprint density at radius 1 is 1.37 bits per heavy atom. The van der Waals surface area contributed by atoms with E-state index in [9.17, 15) is 5.11 Å². The standard InChI is InChI=1S/C13H13N3O2S/c1-8-6-10(12(14)19)16-13(15-8)18-11-5-3-2-4-9(11)7-17/h2-6,17H,7H2,1H3,(H2,14,19). The smallest absolute Gasteiger partial charge is 0.322 e. The van der Waals surface area contributed by atoms with Crippen LogP contribution < -0.4 is 10.5 Å². The summed E-state index contributed by atoms with van der Waals surface area (Å²) >= 11 is 4.89. The van der Waals surface area contributed by atoms with Crippen LogP contribution in [0.25, 0.3) is 0 Å². The molecule has 2 rings (SSSR count). The Bertz CT molecular complexity index is 617. The van der Waals surface area contributed by atoms with Crippen LogP contribution in [0, 0.1) is 6.92 Å². The number of thiocarbonyl (C=S) groups is 1. The molecule has 1 aromatic heterocycles. The third-order valence-corrected chi connectivity index (χ3v) is 2.64. The van der Waals surface area contributed by atoms with Gasteiger partial charge >= 0.3 is 6.01 Å². The van der Waals surface area contributed by atoms with Crippen molar-refractivity contribution in [3.63, 3.8) is 0 Å². The fourth-order valence-corrected chi connectivity index (χ4v) is 1.65. The number of aromatic nitrogens is 2. The van der Waals surface area contributed by atoms with Crippen molar-refractivity contribution in [2.24, 2.45) is 5.73 Å². The predicted molar refractivity (Wildman–Crippen MR) is 75.1 cm³/mol. The summed E-state index contributed by atoms with van der Waals surface area (Å²) < 4.78 is 5.57. The zero-order valence-electron chi connectivity index (χ0n) is 10.3. The van der Waals surface area contributed by atoms with Gasteiger partial charge in [-0.15, -0.1) is 0 Å². The Morgan fingerprint density at radius 2 is 2.11 bits per heavy atom. The minimum atomic E-state index is -0.121. The summed E-state index contributed by atoms with van der Waals surface area (Å²) in [5.41, 5.74) is 7.36. The van der Waals surface area contributed by atoms with Crippen molar-refractivity contribution in [3.05, 3.63) is 47.3 Å². The molecule has 0 aliphatic carbocycles. The second-order valence-corrected chi connectivity index (χ2v) is 4.35. The number of para-hydroxylation sites is 1. The zero-order valence-corrected chi connectivity index (χ0v) is 11.1. The fourth-order valence-electron chi connectivity index (χ4n) is 1.55. The number of ether oxygens (including phenoxy) is 1. The molecule has 0 amide bonds. The molecular formula is C13H13N3O2S. The van der Waals surface area contributed by atoms with E-state index in [0.717, 1.165) is 0 Å². The first kappa shape index (κ1) is 13.4. The van der Waals surface area contributed by atoms with Crippen LogP contribution in [-0.2, 0) is 6.61 Å². The molecule has 0 aliphatic heterocycles. The molecule has 0 aliphatic rings. The number of hydrogen-bond donors (Lipinski definition) is 2. The average molecular weight is 275 g/mol. The molecule has 6 heteroatoms. The van der Waals surface area contributed by atoms with Gasteiger partial charge in [-0.2, -0.15) is 4.98 Å². The molecule has 3 N–H and O–H groups in total. The topological polar surface area (TPSA) is 81.3 Å². The number of aryl methyl sites for hydroxylation is 1. The lowest BCUT2D eigenvalue weighted by atomic mass is 10.2. The summed E-state index contributed by atoms with van der Waals surface area (Å²) in [7, 11) is 0. The van der Waals surface area contributed by atoms with Gasteiger partial charge in [0.05, 0.1) is 6.61 Å². The van der Waals surface area contributed by atoms with Gasteiger partial charge in [0.15, 0.2) is 0 Å². The van der Waals surface area contributed by atoms with Crippen molar-refractivity contribution in [2.75, 3.05) is 0 Å². The SMILES string of the molecule is Cc1cc(C(N)=S)nc(Oc2ccccc2CO)n1. The Labute approximate surface area is 116 Å². The largest absolute Gasteiger partial charge is 0.424 e. The molecule has 0 saturated carbocycles. The highest BCUT2D eigenvalue weighted by atomic mass is 32.1. The highest BCUT2D eigenvalue weighted by Crippen LogP contribution is 2.23. The van der Waals surface area contributed by atoms with E-state index in [1.807, 2.05) is 6.07 Å². The number of nitrogens with zero attached hydrogens (tertiary/aromatic N) is 2. The Kier molecular flexibility index (Phi) is 4.03. The van der Waals surface area contributed by atoms with Crippen LogP contribution in [0.2, 0.25) is 0 Å². The lowest BCUT2D eigenvalue weighted by Crippen LogP contribution is -2.13. The molecule has 0 spiro atoms. The number of nitrogens with two attached hydrogens (primary N) is 1. The van der Waals surface area contributed by atoms with Crippen LogP contribution in [0.3, 0.4) is 0 Å². The van der Waals surface area contributed by atoms with Gasteiger partial charge in [-0.25, -0.2) is 4.98 Å². The Hall–Kier alpha value is -2.05. The summed E-state index contributed by atoms with van der Waals surface area (Å²) in [4.78, 5) is 8.47. The number of hydrogen-bond acceptors (Lipinski definition) is 5. The van der Waals surface area contributed by atoms with Gasteiger partial charge in [0.2, 0.25) is 0 Å². The molecule has 1 heterocycles. The monoisotopic (exact) mass is 275 g/mol. The van der Waals surface area contributed by atoms with Crippen molar-refractivity contribution < 1.29 is 9.84 Å². The van der Waals surface area contributed by atoms with Gasteiger partial charge in [-0.05, 0) is 19.1 Å². The average Bonchev–Trinajstić information content (AvgIpc) is 2.38. The molecule has 5 nitrogen and oxygen atoms in total. The van der Waals surface area contributed by atoms with Gasteiger partial charge < -0.3 is 15.6 Å². The quantitative estimate of drug-likeness (QED) is 0.827. The Balaban J connectivity index is 2.35. The van der Waals surface area contributed by atoms with E-state index in [1.165, 1.54) is 0 Å². The highest BCUT2D eigenvalue weighted by molar-refractivity contribution is 7.80. The second-order valence-electron chi connectivity index (χ2n) is 3.91. The van der Waals surface area contributed by atoms with E-state index in [2.05, 4.69) is 9.97 Å². The zero-order chi connectivity index (χ0) is 13.8. The van der Waals surface area contributed by atoms with E-state index in [1.54, 1.807) is 31.2 Å². The van der Waals surface area contributed by atoms with Gasteiger partial charge in [-0.3, -0.25) is 0 Å². The van der Waals surface area contributed by atoms with E-state index in [4.69, 9.17) is 22.7 Å². The van der Waals surface area contributed by atoms with Crippen molar-refractivity contribution in [1.29, 1.82) is 0 Å². The van der Waals surface area contributed by atoms with Crippen LogP contribution >= 0.6 is 12.2 Å². The van der Waals surface area contributed by atoms with Crippen LogP contribution in [-0.4, -0.2) is 20.1 Å². The molecule has 0 unspecified atom stereocenters. The summed E-state index contributed by atoms with van der Waals surface area (Å²) in [5.74, 6) is 0.504. The number of aliphatic hydroxyl groups is 1. The second kappa shape index (κ2) is 5.73. The first-order chi connectivity index (χ1) is 9.10. The van der Waals surface area contributed by atoms with Crippen LogP contribution in [0.1, 0.15) is 17.0 Å². The number of rotatable bonds is 4. The van der Waals surface area contributed by atoms with E-state index < -0.39 is 0 Å². The third kappa shape index (κ3) is 3.24. The van der Waals surface area contributed by atoms with Crippen molar-refractivity contribution in [2.45, 2.75) is 13.5 Å². The molecule has 0 saturated heterocycles. The molecule has 2 aromatic rings. The first-order valence-corrected chi connectivity index (χ1v) is 6.03. The van der Waals surface area contributed by atoms with Gasteiger partial charge in [0.1, 0.15) is 16.4 Å². The normalized spacial score (nSPS) is 10.2. The molecule has 0 fully saturated rings. The summed E-state index contributed by atoms with van der Waals surface area (Å²) in [5, 5.41) is 9.23. The molecule has 0 atom stereocenters. The summed E-state index contributed by atoms with van der Waals surface area (Å²) in [6.45, 7) is 1.68. The number of benzene rings is 1. The molecule has 1 aromatic carbocycles. The van der Waals surface area contributed by atoms with E-state index >= 15 is 0 Å². The van der Waals surface area contributed by atoms with Crippen LogP contribution in [0.5, 0.6) is 11.8 Å². The number of aliphatic hydroxyl groups excluding tert-OH is 1. The maximum absolute atomic E-state index is 9.23. The molecule has 0 radical (unpaired) electrons. The molecule has 98 valence electrons. The van der Waals surface area contributed by atoms with Crippen LogP contribution in [0.4, 0.5) is 0 Å². The van der Waals surface area contributed by atoms with Crippen molar-refractivity contribution in [1.82, 2.24) is 9.97 Å². The van der Waals surface area contributed by atoms with E-state index in [-0.39, 0.29) is 17.6 Å². The summed E-state index contributed by atoms with van der Waals surface area (Å²) in [6, 6.07) is 8.96. The van der Waals surface area contributed by atoms with Crippen molar-refractivity contribution >= 4 is 17.2 Å². The minimum absolute atomic E-state index is 0.121. The summed E-state index contributed by atoms with van der Waals surface area (Å²) in [6.07, 6.45) is 0. The van der Waals surface area contributed by atoms with Crippen molar-refractivity contribution in [3.8, 4) is 11.8 Å². The predicted octanol–water partition coefficient (Wildman–Crippen LogP) is 1.70. The lowest BCUT2D eigenvalue weighted by Gasteiger charge is -2.09. The minimum Gasteiger partial charge on any atom is -0.424 e. The highest BCUT2D eigenvalue weighted by Gasteiger charge is 2.09. The van der Waals surface area contributed by atoms with Gasteiger partial charge in [0.25, 0.3) is 0 Å². The first-order valence-electron chi connectivity index (χ1n) is 5.62. The maximum atomic E-state index is 9.23. The van der Waals surface area contributed by atoms with Gasteiger partial charge in [-0.1, -0.05) is 30.4 Å².